The van der Waals surface area contributed by atoms with E-state index >= 15 is 0 Å². The molecule has 0 radical (unpaired) electrons. The summed E-state index contributed by atoms with van der Waals surface area (Å²) in [4.78, 5) is 16.5. The summed E-state index contributed by atoms with van der Waals surface area (Å²) in [5.41, 5.74) is 0.668. The van der Waals surface area contributed by atoms with Gasteiger partial charge in [0.2, 0.25) is 0 Å². The molecule has 0 aliphatic carbocycles. The number of nitrogens with one attached hydrogen (secondary N) is 3. The van der Waals surface area contributed by atoms with Gasteiger partial charge in [-0.2, -0.15) is 5.10 Å². The van der Waals surface area contributed by atoms with Crippen molar-refractivity contribution in [1.29, 1.82) is 0 Å². The molecule has 26 heavy (non-hydrogen) atoms. The number of guanidine groups is 1. The Morgan fingerprint density at radius 2 is 1.88 bits per heavy atom. The molecule has 0 saturated carbocycles. The Bertz CT molecular complexity index is 645. The molecule has 0 unspecified atom stereocenters. The summed E-state index contributed by atoms with van der Waals surface area (Å²) < 4.78 is 1.90. The van der Waals surface area contributed by atoms with Crippen molar-refractivity contribution in [2.75, 3.05) is 26.2 Å². The van der Waals surface area contributed by atoms with Crippen LogP contribution in [-0.4, -0.2) is 47.8 Å². The molecule has 0 aliphatic heterocycles. The van der Waals surface area contributed by atoms with Crippen LogP contribution in [0.3, 0.4) is 0 Å². The molecule has 1 amide bonds. The van der Waals surface area contributed by atoms with Crippen LogP contribution in [0.4, 0.5) is 0 Å². The van der Waals surface area contributed by atoms with Crippen molar-refractivity contribution in [1.82, 2.24) is 25.7 Å². The van der Waals surface area contributed by atoms with Crippen LogP contribution < -0.4 is 16.0 Å². The molecule has 1 heterocycles. The van der Waals surface area contributed by atoms with Gasteiger partial charge in [-0.15, -0.1) is 24.0 Å². The molecule has 0 atom stereocenters. The predicted molar refractivity (Wildman–Crippen MR) is 115 cm³/mol. The van der Waals surface area contributed by atoms with E-state index < -0.39 is 0 Å². The molecule has 0 bridgehead atoms. The highest BCUT2D eigenvalue weighted by Gasteiger charge is 2.03. The van der Waals surface area contributed by atoms with E-state index in [0.29, 0.717) is 25.2 Å². The quantitative estimate of drug-likeness (QED) is 0.226. The first-order chi connectivity index (χ1) is 12.3. The summed E-state index contributed by atoms with van der Waals surface area (Å²) in [6.45, 7) is 5.53. The molecule has 8 heteroatoms. The van der Waals surface area contributed by atoms with E-state index in [1.54, 1.807) is 18.3 Å². The average molecular weight is 470 g/mol. The van der Waals surface area contributed by atoms with Gasteiger partial charge < -0.3 is 16.0 Å². The van der Waals surface area contributed by atoms with Crippen molar-refractivity contribution in [2.24, 2.45) is 4.99 Å². The van der Waals surface area contributed by atoms with Crippen molar-refractivity contribution in [3.05, 3.63) is 54.4 Å². The molecule has 1 aromatic heterocycles. The van der Waals surface area contributed by atoms with Gasteiger partial charge >= 0.3 is 0 Å². The van der Waals surface area contributed by atoms with Crippen LogP contribution in [-0.2, 0) is 6.54 Å². The maximum atomic E-state index is 11.9. The molecule has 0 aliphatic rings. The van der Waals surface area contributed by atoms with Crippen LogP contribution in [0.1, 0.15) is 23.7 Å². The largest absolute Gasteiger partial charge is 0.357 e. The Kier molecular flexibility index (Phi) is 11.1. The van der Waals surface area contributed by atoms with Crippen molar-refractivity contribution >= 4 is 35.8 Å². The topological polar surface area (TPSA) is 83.3 Å². The van der Waals surface area contributed by atoms with E-state index in [9.17, 15) is 4.79 Å². The number of rotatable bonds is 9. The number of hydrogen-bond donors (Lipinski definition) is 3. The second kappa shape index (κ2) is 13.2. The van der Waals surface area contributed by atoms with Crippen LogP contribution in [0.2, 0.25) is 0 Å². The average Bonchev–Trinajstić information content (AvgIpc) is 3.16. The predicted octanol–water partition coefficient (Wildman–Crippen LogP) is 1.88. The standard InChI is InChI=1S/C18H26N6O.HI/c1-2-19-18(21-10-6-14-24-15-7-11-23-24)22-13-12-20-17(25)16-8-4-3-5-9-16;/h3-5,7-9,11,15H,2,6,10,12-14H2,1H3,(H,20,25)(H2,19,21,22);1H. The molecule has 2 aromatic rings. The fourth-order valence-corrected chi connectivity index (χ4v) is 2.25. The van der Waals surface area contributed by atoms with E-state index in [0.717, 1.165) is 25.5 Å². The van der Waals surface area contributed by atoms with Gasteiger partial charge in [0, 0.05) is 50.7 Å². The summed E-state index contributed by atoms with van der Waals surface area (Å²) in [5, 5.41) is 13.5. The number of carbonyl (C=O) groups is 1. The molecule has 7 nitrogen and oxygen atoms in total. The Hall–Kier alpha value is -2.10. The summed E-state index contributed by atoms with van der Waals surface area (Å²) in [6, 6.07) is 11.1. The second-order valence-corrected chi connectivity index (χ2v) is 5.43. The number of aromatic nitrogens is 2. The number of benzene rings is 1. The lowest BCUT2D eigenvalue weighted by atomic mass is 10.2. The zero-order valence-electron chi connectivity index (χ0n) is 15.0. The van der Waals surface area contributed by atoms with Crippen molar-refractivity contribution in [3.63, 3.8) is 0 Å². The second-order valence-electron chi connectivity index (χ2n) is 5.43. The van der Waals surface area contributed by atoms with Crippen LogP contribution in [0.25, 0.3) is 0 Å². The fourth-order valence-electron chi connectivity index (χ4n) is 2.25. The number of carbonyl (C=O) groups excluding carboxylic acids is 1. The molecule has 1 aromatic carbocycles. The molecular formula is C18H27IN6O. The van der Waals surface area contributed by atoms with Crippen molar-refractivity contribution in [3.8, 4) is 0 Å². The SMILES string of the molecule is CCNC(=NCCCn1cccn1)NCCNC(=O)c1ccccc1.I. The third kappa shape index (κ3) is 8.32. The minimum atomic E-state index is -0.0661. The molecule has 2 rings (SSSR count). The monoisotopic (exact) mass is 470 g/mol. The van der Waals surface area contributed by atoms with Crippen LogP contribution in [0, 0.1) is 0 Å². The number of amides is 1. The first-order valence-corrected chi connectivity index (χ1v) is 8.62. The van der Waals surface area contributed by atoms with Crippen LogP contribution >= 0.6 is 24.0 Å². The third-order valence-corrected chi connectivity index (χ3v) is 3.46. The smallest absolute Gasteiger partial charge is 0.251 e. The number of aliphatic imine (C=N–C) groups is 1. The number of halogens is 1. The van der Waals surface area contributed by atoms with Gasteiger partial charge in [-0.05, 0) is 31.5 Å². The van der Waals surface area contributed by atoms with Gasteiger partial charge in [-0.25, -0.2) is 0 Å². The zero-order valence-corrected chi connectivity index (χ0v) is 17.3. The number of hydrogen-bond acceptors (Lipinski definition) is 3. The highest BCUT2D eigenvalue weighted by molar-refractivity contribution is 14.0. The molecule has 0 spiro atoms. The highest BCUT2D eigenvalue weighted by Crippen LogP contribution is 1.97. The molecule has 142 valence electrons. The molecule has 0 fully saturated rings. The lowest BCUT2D eigenvalue weighted by Gasteiger charge is -2.12. The molecule has 3 N–H and O–H groups in total. The first kappa shape index (κ1) is 21.9. The van der Waals surface area contributed by atoms with Crippen molar-refractivity contribution in [2.45, 2.75) is 19.9 Å². The van der Waals surface area contributed by atoms with E-state index in [2.05, 4.69) is 26.0 Å². The maximum Gasteiger partial charge on any atom is 0.251 e. The third-order valence-electron chi connectivity index (χ3n) is 3.46. The van der Waals surface area contributed by atoms with Crippen LogP contribution in [0.5, 0.6) is 0 Å². The van der Waals surface area contributed by atoms with Gasteiger partial charge in [0.15, 0.2) is 5.96 Å². The summed E-state index contributed by atoms with van der Waals surface area (Å²) in [7, 11) is 0. The lowest BCUT2D eigenvalue weighted by Crippen LogP contribution is -2.41. The van der Waals surface area contributed by atoms with Gasteiger partial charge in [0.25, 0.3) is 5.91 Å². The van der Waals surface area contributed by atoms with E-state index in [4.69, 9.17) is 0 Å². The Morgan fingerprint density at radius 3 is 2.58 bits per heavy atom. The van der Waals surface area contributed by atoms with Gasteiger partial charge in [0.05, 0.1) is 0 Å². The van der Waals surface area contributed by atoms with Gasteiger partial charge in [-0.3, -0.25) is 14.5 Å². The zero-order chi connectivity index (χ0) is 17.7. The van der Waals surface area contributed by atoms with E-state index in [1.807, 2.05) is 42.1 Å². The first-order valence-electron chi connectivity index (χ1n) is 8.62. The Balaban J connectivity index is 0.00000338. The van der Waals surface area contributed by atoms with Crippen LogP contribution in [0.15, 0.2) is 53.8 Å². The highest BCUT2D eigenvalue weighted by atomic mass is 127. The van der Waals surface area contributed by atoms with Gasteiger partial charge in [0.1, 0.15) is 0 Å². The minimum Gasteiger partial charge on any atom is -0.357 e. The maximum absolute atomic E-state index is 11.9. The lowest BCUT2D eigenvalue weighted by molar-refractivity contribution is 0.0954. The number of aryl methyl sites for hydroxylation is 1. The Morgan fingerprint density at radius 1 is 1.12 bits per heavy atom. The van der Waals surface area contributed by atoms with Crippen molar-refractivity contribution < 1.29 is 4.79 Å². The van der Waals surface area contributed by atoms with Gasteiger partial charge in [-0.1, -0.05) is 18.2 Å². The summed E-state index contributed by atoms with van der Waals surface area (Å²) in [6.07, 6.45) is 4.64. The normalized spacial score (nSPS) is 10.7. The summed E-state index contributed by atoms with van der Waals surface area (Å²) >= 11 is 0. The van der Waals surface area contributed by atoms with E-state index in [1.165, 1.54) is 0 Å². The molecule has 0 saturated heterocycles. The fraction of sp³-hybridized carbons (Fsp3) is 0.389. The minimum absolute atomic E-state index is 0. The Labute approximate surface area is 171 Å². The molecular weight excluding hydrogens is 443 g/mol. The summed E-state index contributed by atoms with van der Waals surface area (Å²) in [5.74, 6) is 0.695. The number of nitrogens with zero attached hydrogens (tertiary/aromatic N) is 3. The van der Waals surface area contributed by atoms with E-state index in [-0.39, 0.29) is 29.9 Å².